The minimum Gasteiger partial charge on any atom is -0.379 e. The van der Waals surface area contributed by atoms with E-state index >= 15 is 0 Å². The van der Waals surface area contributed by atoms with Crippen LogP contribution in [-0.2, 0) is 6.54 Å². The normalized spacial score (nSPS) is 22.3. The highest BCUT2D eigenvalue weighted by atomic mass is 79.9. The van der Waals surface area contributed by atoms with Gasteiger partial charge in [-0.15, -0.1) is 22.7 Å². The van der Waals surface area contributed by atoms with E-state index in [1.54, 1.807) is 22.7 Å². The fourth-order valence-electron chi connectivity index (χ4n) is 3.89. The summed E-state index contributed by atoms with van der Waals surface area (Å²) in [5.41, 5.74) is 8.84. The van der Waals surface area contributed by atoms with Gasteiger partial charge in [0, 0.05) is 34.3 Å². The van der Waals surface area contributed by atoms with Crippen LogP contribution in [0.5, 0.6) is 0 Å². The Morgan fingerprint density at radius 2 is 2.26 bits per heavy atom. The van der Waals surface area contributed by atoms with Gasteiger partial charge >= 0.3 is 0 Å². The van der Waals surface area contributed by atoms with Crippen LogP contribution in [0.3, 0.4) is 0 Å². The Labute approximate surface area is 181 Å². The molecular formula is C20H23BrClN3S2. The van der Waals surface area contributed by atoms with Gasteiger partial charge in [0.1, 0.15) is 5.15 Å². The van der Waals surface area contributed by atoms with Crippen molar-refractivity contribution in [1.82, 2.24) is 4.98 Å². The van der Waals surface area contributed by atoms with E-state index in [4.69, 9.17) is 17.3 Å². The molecule has 4 rings (SSSR count). The van der Waals surface area contributed by atoms with Crippen LogP contribution in [0.15, 0.2) is 28.1 Å². The predicted molar refractivity (Wildman–Crippen MR) is 122 cm³/mol. The fourth-order valence-corrected chi connectivity index (χ4v) is 6.98. The van der Waals surface area contributed by atoms with Crippen molar-refractivity contribution in [1.29, 1.82) is 0 Å². The maximum absolute atomic E-state index is 6.54. The molecule has 7 heteroatoms. The van der Waals surface area contributed by atoms with E-state index in [1.807, 2.05) is 6.07 Å². The number of anilines is 1. The zero-order chi connectivity index (χ0) is 19.2. The van der Waals surface area contributed by atoms with Gasteiger partial charge in [0.25, 0.3) is 0 Å². The Morgan fingerprint density at radius 1 is 1.44 bits per heavy atom. The van der Waals surface area contributed by atoms with Gasteiger partial charge in [-0.3, -0.25) is 0 Å². The summed E-state index contributed by atoms with van der Waals surface area (Å²) in [6, 6.07) is 6.33. The largest absolute Gasteiger partial charge is 0.379 e. The van der Waals surface area contributed by atoms with Crippen LogP contribution in [0.25, 0.3) is 10.2 Å². The highest BCUT2D eigenvalue weighted by Gasteiger charge is 2.36. The van der Waals surface area contributed by atoms with E-state index in [2.05, 4.69) is 57.6 Å². The van der Waals surface area contributed by atoms with Crippen LogP contribution in [0.1, 0.15) is 48.8 Å². The molecule has 3 aromatic rings. The summed E-state index contributed by atoms with van der Waals surface area (Å²) in [5.74, 6) is 0.353. The minimum absolute atomic E-state index is 0.195. The van der Waals surface area contributed by atoms with Crippen molar-refractivity contribution in [3.05, 3.63) is 43.0 Å². The molecule has 3 aromatic heterocycles. The number of nitrogens with zero attached hydrogens (tertiary/aromatic N) is 1. The van der Waals surface area contributed by atoms with Crippen LogP contribution in [0.4, 0.5) is 5.69 Å². The summed E-state index contributed by atoms with van der Waals surface area (Å²) in [7, 11) is 0. The molecule has 0 spiro atoms. The molecule has 0 aliphatic heterocycles. The molecule has 1 aliphatic rings. The number of thiophene rings is 2. The molecule has 0 radical (unpaired) electrons. The Kier molecular flexibility index (Phi) is 5.56. The van der Waals surface area contributed by atoms with Gasteiger partial charge in [0.15, 0.2) is 0 Å². The second-order valence-electron chi connectivity index (χ2n) is 8.06. The van der Waals surface area contributed by atoms with Gasteiger partial charge in [-0.05, 0) is 52.1 Å². The third kappa shape index (κ3) is 4.06. The van der Waals surface area contributed by atoms with E-state index in [0.717, 1.165) is 39.8 Å². The number of pyridine rings is 1. The van der Waals surface area contributed by atoms with Gasteiger partial charge in [0.2, 0.25) is 0 Å². The van der Waals surface area contributed by atoms with E-state index < -0.39 is 0 Å². The number of hydrogen-bond donors (Lipinski definition) is 2. The summed E-state index contributed by atoms with van der Waals surface area (Å²) in [6.45, 7) is 5.47. The molecule has 2 atom stereocenters. The lowest BCUT2D eigenvalue weighted by molar-refractivity contribution is 0.200. The molecule has 0 bridgehead atoms. The van der Waals surface area contributed by atoms with Crippen molar-refractivity contribution in [2.75, 3.05) is 5.32 Å². The number of aromatic nitrogens is 1. The van der Waals surface area contributed by atoms with Gasteiger partial charge < -0.3 is 11.1 Å². The smallest absolute Gasteiger partial charge is 0.131 e. The van der Waals surface area contributed by atoms with Crippen molar-refractivity contribution in [3.8, 4) is 0 Å². The van der Waals surface area contributed by atoms with Crippen LogP contribution >= 0.6 is 50.2 Å². The third-order valence-electron chi connectivity index (χ3n) is 5.39. The third-order valence-corrected chi connectivity index (χ3v) is 8.87. The van der Waals surface area contributed by atoms with Crippen molar-refractivity contribution in [3.63, 3.8) is 0 Å². The zero-order valence-corrected chi connectivity index (χ0v) is 19.4. The van der Waals surface area contributed by atoms with Crippen molar-refractivity contribution < 1.29 is 0 Å². The predicted octanol–water partition coefficient (Wildman–Crippen LogP) is 7.01. The van der Waals surface area contributed by atoms with Crippen LogP contribution in [-0.4, -0.2) is 11.0 Å². The number of rotatable bonds is 4. The van der Waals surface area contributed by atoms with E-state index in [-0.39, 0.29) is 6.04 Å². The van der Waals surface area contributed by atoms with Gasteiger partial charge in [-0.25, -0.2) is 4.98 Å². The van der Waals surface area contributed by atoms with Crippen LogP contribution in [0, 0.1) is 5.41 Å². The van der Waals surface area contributed by atoms with E-state index in [9.17, 15) is 0 Å². The van der Waals surface area contributed by atoms with Gasteiger partial charge in [-0.2, -0.15) is 0 Å². The number of hydrogen-bond acceptors (Lipinski definition) is 5. The van der Waals surface area contributed by atoms with Crippen molar-refractivity contribution in [2.24, 2.45) is 11.1 Å². The highest BCUT2D eigenvalue weighted by Crippen LogP contribution is 2.50. The molecule has 3 N–H and O–H groups in total. The van der Waals surface area contributed by atoms with E-state index in [1.165, 1.54) is 16.2 Å². The lowest BCUT2D eigenvalue weighted by Crippen LogP contribution is -2.37. The minimum atomic E-state index is 0.195. The fraction of sp³-hybridized carbons (Fsp3) is 0.450. The van der Waals surface area contributed by atoms with Crippen molar-refractivity contribution >= 4 is 66.1 Å². The average Bonchev–Trinajstić information content (AvgIpc) is 3.24. The van der Waals surface area contributed by atoms with Crippen LogP contribution in [0.2, 0.25) is 5.15 Å². The van der Waals surface area contributed by atoms with Crippen molar-refractivity contribution in [2.45, 2.75) is 51.6 Å². The monoisotopic (exact) mass is 483 g/mol. The first-order valence-corrected chi connectivity index (χ1v) is 12.0. The molecule has 1 aliphatic carbocycles. The number of fused-ring (bicyclic) bond motifs is 1. The molecule has 0 unspecified atom stereocenters. The second kappa shape index (κ2) is 7.64. The number of nitrogens with two attached hydrogens (primary N) is 1. The molecule has 0 aromatic carbocycles. The summed E-state index contributed by atoms with van der Waals surface area (Å²) in [4.78, 5) is 7.21. The zero-order valence-electron chi connectivity index (χ0n) is 15.4. The maximum Gasteiger partial charge on any atom is 0.131 e. The molecule has 3 nitrogen and oxygen atoms in total. The first kappa shape index (κ1) is 19.6. The highest BCUT2D eigenvalue weighted by molar-refractivity contribution is 9.10. The molecule has 1 saturated carbocycles. The summed E-state index contributed by atoms with van der Waals surface area (Å²) in [5, 5.41) is 6.15. The first-order valence-electron chi connectivity index (χ1n) is 9.14. The quantitative estimate of drug-likeness (QED) is 0.392. The molecule has 0 amide bonds. The lowest BCUT2D eigenvalue weighted by atomic mass is 9.70. The standard InChI is InChI=1S/C20H23BrClN3S2/c1-20(2)6-5-13(23)12(9-20)18-16(21)17-19(27-18)14(8-15(22)25-17)24-10-11-4-3-7-26-11/h3-4,7-8,12-13H,5-6,9-10,23H2,1-2H3,(H,24,25)/t12-,13-/m1/s1. The molecule has 144 valence electrons. The van der Waals surface area contributed by atoms with Crippen LogP contribution < -0.4 is 11.1 Å². The van der Waals surface area contributed by atoms with Gasteiger partial charge in [0.05, 0.1) is 20.4 Å². The maximum atomic E-state index is 6.54. The molecular weight excluding hydrogens is 462 g/mol. The lowest BCUT2D eigenvalue weighted by Gasteiger charge is -2.39. The number of nitrogens with one attached hydrogen (secondary N) is 1. The summed E-state index contributed by atoms with van der Waals surface area (Å²) in [6.07, 6.45) is 3.35. The Morgan fingerprint density at radius 3 is 3.00 bits per heavy atom. The average molecular weight is 485 g/mol. The Balaban J connectivity index is 1.73. The topological polar surface area (TPSA) is 50.9 Å². The Hall–Kier alpha value is -0.660. The van der Waals surface area contributed by atoms with Gasteiger partial charge in [-0.1, -0.05) is 31.5 Å². The molecule has 27 heavy (non-hydrogen) atoms. The SMILES string of the molecule is CC1(C)CC[C@@H](N)[C@H](c2sc3c(NCc4cccs4)cc(Cl)nc3c2Br)C1. The molecule has 1 fully saturated rings. The summed E-state index contributed by atoms with van der Waals surface area (Å²) < 4.78 is 2.20. The number of halogens is 2. The molecule has 3 heterocycles. The second-order valence-corrected chi connectivity index (χ2v) is 11.3. The summed E-state index contributed by atoms with van der Waals surface area (Å²) >= 11 is 13.7. The Bertz CT molecular complexity index is 952. The van der Waals surface area contributed by atoms with E-state index in [0.29, 0.717) is 16.5 Å². The first-order chi connectivity index (χ1) is 12.8. The molecule has 0 saturated heterocycles.